The molecule has 1 aliphatic carbocycles. The summed E-state index contributed by atoms with van der Waals surface area (Å²) in [5.74, 6) is 1.55. The van der Waals surface area contributed by atoms with Crippen LogP contribution in [-0.4, -0.2) is 82.8 Å². The van der Waals surface area contributed by atoms with Crippen molar-refractivity contribution in [3.05, 3.63) is 18.1 Å². The van der Waals surface area contributed by atoms with Gasteiger partial charge in [-0.05, 0) is 56.6 Å². The molecule has 4 heterocycles. The second-order valence-electron chi connectivity index (χ2n) is 9.20. The van der Waals surface area contributed by atoms with Crippen LogP contribution in [0.15, 0.2) is 12.5 Å². The van der Waals surface area contributed by atoms with Crippen LogP contribution in [-0.2, 0) is 4.74 Å². The molecule has 2 aromatic rings. The normalized spacial score (nSPS) is 27.5. The van der Waals surface area contributed by atoms with Crippen LogP contribution in [0.25, 0.3) is 11.0 Å². The zero-order chi connectivity index (χ0) is 20.3. The maximum absolute atomic E-state index is 5.57. The molecule has 164 valence electrons. The number of ether oxygens (including phenoxy) is 1. The van der Waals surface area contributed by atoms with Crippen LogP contribution in [0, 0.1) is 0 Å². The van der Waals surface area contributed by atoms with Crippen LogP contribution in [0.1, 0.15) is 56.9 Å². The molecule has 3 fully saturated rings. The second kappa shape index (κ2) is 9.20. The highest BCUT2D eigenvalue weighted by Gasteiger charge is 2.29. The summed E-state index contributed by atoms with van der Waals surface area (Å²) in [5.41, 5.74) is 2.32. The van der Waals surface area contributed by atoms with E-state index in [2.05, 4.69) is 43.2 Å². The molecule has 2 saturated heterocycles. The third kappa shape index (κ3) is 4.20. The SMILES string of the molecule is CCN1CCN(C2CCC(Nc3ncnc4[nH]cc(C5CCOCC5)c34)CC2)CC1. The lowest BCUT2D eigenvalue weighted by Crippen LogP contribution is -2.51. The molecule has 2 aliphatic heterocycles. The highest BCUT2D eigenvalue weighted by molar-refractivity contribution is 5.90. The minimum absolute atomic E-state index is 0.508. The minimum atomic E-state index is 0.508. The average Bonchev–Trinajstić information content (AvgIpc) is 3.26. The lowest BCUT2D eigenvalue weighted by Gasteiger charge is -2.42. The molecule has 2 aromatic heterocycles. The average molecular weight is 413 g/mol. The Morgan fingerprint density at radius 2 is 1.80 bits per heavy atom. The Morgan fingerprint density at radius 3 is 2.53 bits per heavy atom. The van der Waals surface area contributed by atoms with E-state index in [1.165, 1.54) is 69.4 Å². The van der Waals surface area contributed by atoms with Crippen LogP contribution < -0.4 is 5.32 Å². The number of fused-ring (bicyclic) bond motifs is 1. The summed E-state index contributed by atoms with van der Waals surface area (Å²) in [5, 5.41) is 5.00. The van der Waals surface area contributed by atoms with Crippen LogP contribution in [0.3, 0.4) is 0 Å². The fourth-order valence-corrected chi connectivity index (χ4v) is 5.65. The fourth-order valence-electron chi connectivity index (χ4n) is 5.65. The van der Waals surface area contributed by atoms with E-state index in [4.69, 9.17) is 4.74 Å². The summed E-state index contributed by atoms with van der Waals surface area (Å²) in [4.78, 5) is 17.8. The summed E-state index contributed by atoms with van der Waals surface area (Å²) in [6, 6.07) is 1.27. The molecule has 1 saturated carbocycles. The van der Waals surface area contributed by atoms with Gasteiger partial charge >= 0.3 is 0 Å². The summed E-state index contributed by atoms with van der Waals surface area (Å²) >= 11 is 0. The Kier molecular flexibility index (Phi) is 6.20. The molecule has 0 bridgehead atoms. The van der Waals surface area contributed by atoms with Gasteiger partial charge in [0.2, 0.25) is 0 Å². The van der Waals surface area contributed by atoms with Crippen molar-refractivity contribution < 1.29 is 4.74 Å². The first kappa shape index (κ1) is 20.2. The van der Waals surface area contributed by atoms with Crippen molar-refractivity contribution in [3.63, 3.8) is 0 Å². The quantitative estimate of drug-likeness (QED) is 0.786. The van der Waals surface area contributed by atoms with E-state index >= 15 is 0 Å². The van der Waals surface area contributed by atoms with E-state index in [9.17, 15) is 0 Å². The number of hydrogen-bond acceptors (Lipinski definition) is 6. The Balaban J connectivity index is 1.23. The molecule has 30 heavy (non-hydrogen) atoms. The molecule has 0 aromatic carbocycles. The largest absolute Gasteiger partial charge is 0.381 e. The third-order valence-electron chi connectivity index (χ3n) is 7.57. The molecular formula is C23H36N6O. The maximum Gasteiger partial charge on any atom is 0.143 e. The highest BCUT2D eigenvalue weighted by atomic mass is 16.5. The summed E-state index contributed by atoms with van der Waals surface area (Å²) in [6.07, 6.45) is 11.0. The van der Waals surface area contributed by atoms with Gasteiger partial charge in [0, 0.05) is 57.7 Å². The Labute approximate surface area is 179 Å². The van der Waals surface area contributed by atoms with Crippen molar-refractivity contribution in [1.82, 2.24) is 24.8 Å². The van der Waals surface area contributed by atoms with Crippen LogP contribution in [0.2, 0.25) is 0 Å². The topological polar surface area (TPSA) is 69.3 Å². The van der Waals surface area contributed by atoms with Gasteiger partial charge < -0.3 is 19.9 Å². The fraction of sp³-hybridized carbons (Fsp3) is 0.739. The Morgan fingerprint density at radius 1 is 1.03 bits per heavy atom. The summed E-state index contributed by atoms with van der Waals surface area (Å²) in [6.45, 7) is 10.1. The van der Waals surface area contributed by atoms with Crippen LogP contribution >= 0.6 is 0 Å². The van der Waals surface area contributed by atoms with Crippen molar-refractivity contribution in [2.75, 3.05) is 51.3 Å². The first-order valence-electron chi connectivity index (χ1n) is 11.9. The van der Waals surface area contributed by atoms with E-state index in [0.717, 1.165) is 43.6 Å². The zero-order valence-electron chi connectivity index (χ0n) is 18.3. The number of nitrogens with zero attached hydrogens (tertiary/aromatic N) is 4. The third-order valence-corrected chi connectivity index (χ3v) is 7.57. The van der Waals surface area contributed by atoms with Gasteiger partial charge in [-0.1, -0.05) is 6.92 Å². The molecule has 7 nitrogen and oxygen atoms in total. The van der Waals surface area contributed by atoms with Gasteiger partial charge in [0.15, 0.2) is 0 Å². The minimum Gasteiger partial charge on any atom is -0.381 e. The Hall–Kier alpha value is -1.70. The van der Waals surface area contributed by atoms with Crippen LogP contribution in [0.4, 0.5) is 5.82 Å². The lowest BCUT2D eigenvalue weighted by molar-refractivity contribution is 0.0800. The van der Waals surface area contributed by atoms with Crippen LogP contribution in [0.5, 0.6) is 0 Å². The number of anilines is 1. The van der Waals surface area contributed by atoms with Gasteiger partial charge in [0.05, 0.1) is 5.39 Å². The van der Waals surface area contributed by atoms with Crippen molar-refractivity contribution in [2.45, 2.75) is 63.5 Å². The Bertz CT molecular complexity index is 816. The van der Waals surface area contributed by atoms with E-state index < -0.39 is 0 Å². The molecule has 2 N–H and O–H groups in total. The molecule has 0 amide bonds. The number of aromatic nitrogens is 3. The monoisotopic (exact) mass is 412 g/mol. The van der Waals surface area contributed by atoms with Crippen molar-refractivity contribution >= 4 is 16.9 Å². The molecule has 5 rings (SSSR count). The second-order valence-corrected chi connectivity index (χ2v) is 9.20. The molecule has 0 radical (unpaired) electrons. The van der Waals surface area contributed by atoms with E-state index in [1.807, 2.05) is 0 Å². The number of nitrogens with one attached hydrogen (secondary N) is 2. The maximum atomic E-state index is 5.57. The van der Waals surface area contributed by atoms with Crippen molar-refractivity contribution in [2.24, 2.45) is 0 Å². The number of H-pyrrole nitrogens is 1. The van der Waals surface area contributed by atoms with E-state index in [1.54, 1.807) is 6.33 Å². The number of rotatable bonds is 5. The lowest BCUT2D eigenvalue weighted by atomic mass is 9.89. The van der Waals surface area contributed by atoms with Gasteiger partial charge in [-0.15, -0.1) is 0 Å². The summed E-state index contributed by atoms with van der Waals surface area (Å²) in [7, 11) is 0. The molecular weight excluding hydrogens is 376 g/mol. The zero-order valence-corrected chi connectivity index (χ0v) is 18.3. The van der Waals surface area contributed by atoms with E-state index in [-0.39, 0.29) is 0 Å². The molecule has 3 aliphatic rings. The molecule has 0 atom stereocenters. The summed E-state index contributed by atoms with van der Waals surface area (Å²) < 4.78 is 5.57. The first-order valence-corrected chi connectivity index (χ1v) is 11.9. The van der Waals surface area contributed by atoms with Crippen molar-refractivity contribution in [3.8, 4) is 0 Å². The number of likely N-dealkylation sites (N-methyl/N-ethyl adjacent to an activating group) is 1. The molecule has 0 spiro atoms. The first-order chi connectivity index (χ1) is 14.8. The number of hydrogen-bond donors (Lipinski definition) is 2. The van der Waals surface area contributed by atoms with Gasteiger partial charge in [0.1, 0.15) is 17.8 Å². The van der Waals surface area contributed by atoms with Gasteiger partial charge in [-0.3, -0.25) is 4.90 Å². The number of piperazine rings is 1. The van der Waals surface area contributed by atoms with Gasteiger partial charge in [-0.2, -0.15) is 0 Å². The number of aromatic amines is 1. The highest BCUT2D eigenvalue weighted by Crippen LogP contribution is 2.35. The molecule has 0 unspecified atom stereocenters. The van der Waals surface area contributed by atoms with Crippen molar-refractivity contribution in [1.29, 1.82) is 0 Å². The standard InChI is InChI=1S/C23H36N6O/c1-2-28-9-11-29(12-10-28)19-5-3-18(4-6-19)27-23-21-20(17-7-13-30-14-8-17)15-24-22(21)25-16-26-23/h15-19H,2-14H2,1H3,(H2,24,25,26,27). The van der Waals surface area contributed by atoms with Gasteiger partial charge in [0.25, 0.3) is 0 Å². The predicted molar refractivity (Wildman–Crippen MR) is 120 cm³/mol. The van der Waals surface area contributed by atoms with Gasteiger partial charge in [-0.25, -0.2) is 9.97 Å². The van der Waals surface area contributed by atoms with E-state index in [0.29, 0.717) is 12.0 Å². The smallest absolute Gasteiger partial charge is 0.143 e. The predicted octanol–water partition coefficient (Wildman–Crippen LogP) is 3.21. The molecule has 7 heteroatoms.